The molecule has 0 aromatic heterocycles. The van der Waals surface area contributed by atoms with Crippen LogP contribution in [0.1, 0.15) is 36.8 Å². The molecule has 2 aliphatic heterocycles. The summed E-state index contributed by atoms with van der Waals surface area (Å²) < 4.78 is 5.56. The summed E-state index contributed by atoms with van der Waals surface area (Å²) in [7, 11) is 0. The summed E-state index contributed by atoms with van der Waals surface area (Å²) in [5, 5.41) is 17.9. The van der Waals surface area contributed by atoms with Crippen LogP contribution < -0.4 is 5.32 Å². The maximum atomic E-state index is 12.3. The van der Waals surface area contributed by atoms with Gasteiger partial charge in [-0.2, -0.15) is 0 Å². The van der Waals surface area contributed by atoms with Crippen molar-refractivity contribution >= 4 is 17.8 Å². The molecule has 1 amide bonds. The number of carbonyl (C=O) groups is 3. The van der Waals surface area contributed by atoms with E-state index < -0.39 is 11.9 Å². The summed E-state index contributed by atoms with van der Waals surface area (Å²) in [5.74, 6) is -3.26. The van der Waals surface area contributed by atoms with Gasteiger partial charge in [-0.15, -0.1) is 0 Å². The van der Waals surface area contributed by atoms with Crippen LogP contribution in [0.4, 0.5) is 0 Å². The van der Waals surface area contributed by atoms with Crippen molar-refractivity contribution < 1.29 is 29.3 Å². The van der Waals surface area contributed by atoms with Crippen LogP contribution in [-0.4, -0.2) is 65.3 Å². The molecular formula is C21H30N2O6. The van der Waals surface area contributed by atoms with Gasteiger partial charge in [0.15, 0.2) is 0 Å². The number of likely N-dealkylation sites (tertiary alicyclic amines) is 1. The SMILES string of the molecule is Cc1ccc(CN2CCC(C(=O)NCC3CCCO3)CC2)cc1.O=C(O)C(=O)O. The first-order valence-electron chi connectivity index (χ1n) is 9.98. The van der Waals surface area contributed by atoms with Crippen LogP contribution >= 0.6 is 0 Å². The third-order valence-electron chi connectivity index (χ3n) is 5.20. The number of hydrogen-bond acceptors (Lipinski definition) is 5. The Kier molecular flexibility index (Phi) is 9.08. The topological polar surface area (TPSA) is 116 Å². The van der Waals surface area contributed by atoms with E-state index in [1.807, 2.05) is 0 Å². The van der Waals surface area contributed by atoms with E-state index in [1.54, 1.807) is 0 Å². The van der Waals surface area contributed by atoms with Gasteiger partial charge in [0.05, 0.1) is 6.10 Å². The van der Waals surface area contributed by atoms with Crippen molar-refractivity contribution in [1.29, 1.82) is 0 Å². The number of aliphatic carboxylic acids is 2. The van der Waals surface area contributed by atoms with E-state index >= 15 is 0 Å². The first-order chi connectivity index (χ1) is 13.8. The van der Waals surface area contributed by atoms with Gasteiger partial charge in [-0.05, 0) is 51.3 Å². The molecule has 1 atom stereocenters. The molecule has 8 heteroatoms. The zero-order valence-corrected chi connectivity index (χ0v) is 16.8. The lowest BCUT2D eigenvalue weighted by molar-refractivity contribution is -0.159. The van der Waals surface area contributed by atoms with Crippen molar-refractivity contribution in [2.24, 2.45) is 5.92 Å². The van der Waals surface area contributed by atoms with E-state index in [2.05, 4.69) is 41.4 Å². The molecule has 0 aliphatic carbocycles. The van der Waals surface area contributed by atoms with Gasteiger partial charge in [-0.3, -0.25) is 9.69 Å². The van der Waals surface area contributed by atoms with Crippen LogP contribution in [0, 0.1) is 12.8 Å². The highest BCUT2D eigenvalue weighted by Gasteiger charge is 2.26. The molecule has 2 saturated heterocycles. The monoisotopic (exact) mass is 406 g/mol. The molecule has 29 heavy (non-hydrogen) atoms. The molecule has 0 spiro atoms. The summed E-state index contributed by atoms with van der Waals surface area (Å²) in [6, 6.07) is 8.74. The van der Waals surface area contributed by atoms with Gasteiger partial charge in [0.1, 0.15) is 0 Å². The summed E-state index contributed by atoms with van der Waals surface area (Å²) in [6.45, 7) is 6.65. The van der Waals surface area contributed by atoms with Crippen molar-refractivity contribution in [3.8, 4) is 0 Å². The number of nitrogens with one attached hydrogen (secondary N) is 1. The third-order valence-corrected chi connectivity index (χ3v) is 5.20. The number of carboxylic acids is 2. The lowest BCUT2D eigenvalue weighted by Crippen LogP contribution is -2.42. The molecule has 0 bridgehead atoms. The number of rotatable bonds is 5. The molecule has 2 heterocycles. The molecule has 0 saturated carbocycles. The normalized spacial score (nSPS) is 19.8. The molecule has 1 unspecified atom stereocenters. The minimum atomic E-state index is -1.82. The second-order valence-electron chi connectivity index (χ2n) is 7.53. The standard InChI is InChI=1S/C19H28N2O2.C2H2O4/c1-15-4-6-16(7-5-15)14-21-10-8-17(9-11-21)19(22)20-13-18-3-2-12-23-18;3-1(4)2(5)6/h4-7,17-18H,2-3,8-14H2,1H3,(H,20,22);(H,3,4)(H,5,6). The smallest absolute Gasteiger partial charge is 0.414 e. The van der Waals surface area contributed by atoms with Crippen LogP contribution in [0.3, 0.4) is 0 Å². The van der Waals surface area contributed by atoms with Gasteiger partial charge >= 0.3 is 11.9 Å². The third kappa shape index (κ3) is 8.21. The molecule has 2 aliphatic rings. The highest BCUT2D eigenvalue weighted by atomic mass is 16.5. The Morgan fingerprint density at radius 3 is 2.21 bits per heavy atom. The fraction of sp³-hybridized carbons (Fsp3) is 0.571. The Labute approximate surface area is 170 Å². The Morgan fingerprint density at radius 1 is 1.07 bits per heavy atom. The van der Waals surface area contributed by atoms with Gasteiger partial charge in [-0.25, -0.2) is 9.59 Å². The first kappa shape index (κ1) is 22.8. The minimum absolute atomic E-state index is 0.172. The highest BCUT2D eigenvalue weighted by molar-refractivity contribution is 6.27. The summed E-state index contributed by atoms with van der Waals surface area (Å²) in [4.78, 5) is 32.9. The molecule has 2 fully saturated rings. The summed E-state index contributed by atoms with van der Waals surface area (Å²) in [5.41, 5.74) is 2.66. The van der Waals surface area contributed by atoms with Crippen molar-refractivity contribution in [3.63, 3.8) is 0 Å². The van der Waals surface area contributed by atoms with E-state index in [-0.39, 0.29) is 17.9 Å². The van der Waals surface area contributed by atoms with Gasteiger partial charge in [0, 0.05) is 25.6 Å². The van der Waals surface area contributed by atoms with E-state index in [0.29, 0.717) is 6.54 Å². The van der Waals surface area contributed by atoms with Crippen LogP contribution in [0.2, 0.25) is 0 Å². The van der Waals surface area contributed by atoms with Crippen molar-refractivity contribution in [3.05, 3.63) is 35.4 Å². The molecule has 3 N–H and O–H groups in total. The van der Waals surface area contributed by atoms with Gasteiger partial charge < -0.3 is 20.3 Å². The lowest BCUT2D eigenvalue weighted by atomic mass is 9.95. The quantitative estimate of drug-likeness (QED) is 0.637. The Morgan fingerprint density at radius 2 is 1.69 bits per heavy atom. The largest absolute Gasteiger partial charge is 0.473 e. The maximum Gasteiger partial charge on any atom is 0.414 e. The highest BCUT2D eigenvalue weighted by Crippen LogP contribution is 2.20. The van der Waals surface area contributed by atoms with E-state index in [0.717, 1.165) is 51.9 Å². The van der Waals surface area contributed by atoms with E-state index in [1.165, 1.54) is 11.1 Å². The number of ether oxygens (including phenoxy) is 1. The molecule has 8 nitrogen and oxygen atoms in total. The fourth-order valence-corrected chi connectivity index (χ4v) is 3.47. The molecule has 1 aromatic rings. The summed E-state index contributed by atoms with van der Waals surface area (Å²) >= 11 is 0. The van der Waals surface area contributed by atoms with Crippen molar-refractivity contribution in [1.82, 2.24) is 10.2 Å². The van der Waals surface area contributed by atoms with Crippen LogP contribution in [-0.2, 0) is 25.7 Å². The van der Waals surface area contributed by atoms with E-state index in [9.17, 15) is 4.79 Å². The maximum absolute atomic E-state index is 12.3. The van der Waals surface area contributed by atoms with Gasteiger partial charge in [-0.1, -0.05) is 29.8 Å². The average molecular weight is 406 g/mol. The molecular weight excluding hydrogens is 376 g/mol. The van der Waals surface area contributed by atoms with E-state index in [4.69, 9.17) is 24.5 Å². The number of nitrogens with zero attached hydrogens (tertiary/aromatic N) is 1. The molecule has 0 radical (unpaired) electrons. The van der Waals surface area contributed by atoms with Crippen LogP contribution in [0.15, 0.2) is 24.3 Å². The lowest BCUT2D eigenvalue weighted by Gasteiger charge is -2.31. The second kappa shape index (κ2) is 11.5. The zero-order valence-electron chi connectivity index (χ0n) is 16.8. The Balaban J connectivity index is 0.000000438. The van der Waals surface area contributed by atoms with Crippen LogP contribution in [0.25, 0.3) is 0 Å². The van der Waals surface area contributed by atoms with Crippen molar-refractivity contribution in [2.45, 2.75) is 45.3 Å². The number of carbonyl (C=O) groups excluding carboxylic acids is 1. The first-order valence-corrected chi connectivity index (χ1v) is 9.98. The zero-order chi connectivity index (χ0) is 21.2. The number of benzene rings is 1. The Bertz CT molecular complexity index is 665. The number of carboxylic acid groups (broad SMARTS) is 2. The fourth-order valence-electron chi connectivity index (χ4n) is 3.47. The predicted octanol–water partition coefficient (Wildman–Crippen LogP) is 1.66. The van der Waals surface area contributed by atoms with Crippen molar-refractivity contribution in [2.75, 3.05) is 26.2 Å². The van der Waals surface area contributed by atoms with Gasteiger partial charge in [0.2, 0.25) is 5.91 Å². The molecule has 1 aromatic carbocycles. The second-order valence-corrected chi connectivity index (χ2v) is 7.53. The summed E-state index contributed by atoms with van der Waals surface area (Å²) in [6.07, 6.45) is 4.36. The molecule has 3 rings (SSSR count). The average Bonchev–Trinajstić information content (AvgIpc) is 3.22. The minimum Gasteiger partial charge on any atom is -0.473 e. The number of hydrogen-bond donors (Lipinski definition) is 3. The Hall–Kier alpha value is -2.45. The number of piperidine rings is 1. The molecule has 160 valence electrons. The number of aryl methyl sites for hydroxylation is 1. The predicted molar refractivity (Wildman–Crippen MR) is 106 cm³/mol. The van der Waals surface area contributed by atoms with Gasteiger partial charge in [0.25, 0.3) is 0 Å². The van der Waals surface area contributed by atoms with Crippen LogP contribution in [0.5, 0.6) is 0 Å². The number of amides is 1.